The molecule has 0 atom stereocenters. The molecule has 1 heterocycles. The van der Waals surface area contributed by atoms with Crippen LogP contribution in [-0.2, 0) is 6.54 Å². The van der Waals surface area contributed by atoms with Crippen LogP contribution in [0.15, 0.2) is 35.1 Å². The van der Waals surface area contributed by atoms with Gasteiger partial charge in [-0.2, -0.15) is 0 Å². The first-order valence-corrected chi connectivity index (χ1v) is 6.29. The van der Waals surface area contributed by atoms with Gasteiger partial charge in [0.05, 0.1) is 5.69 Å². The molecular formula is C14H15FN2O. The number of hydrogen-bond acceptors (Lipinski definition) is 1. The van der Waals surface area contributed by atoms with Crippen molar-refractivity contribution in [2.45, 2.75) is 32.2 Å². The molecule has 3 rings (SSSR count). The third-order valence-electron chi connectivity index (χ3n) is 3.39. The van der Waals surface area contributed by atoms with E-state index in [9.17, 15) is 9.18 Å². The van der Waals surface area contributed by atoms with Gasteiger partial charge in [-0.3, -0.25) is 9.48 Å². The van der Waals surface area contributed by atoms with Gasteiger partial charge in [0.15, 0.2) is 0 Å². The van der Waals surface area contributed by atoms with Gasteiger partial charge in [-0.15, -0.1) is 0 Å². The van der Waals surface area contributed by atoms with Gasteiger partial charge in [0, 0.05) is 24.2 Å². The number of rotatable bonds is 3. The number of nitrogens with zero attached hydrogens (tertiary/aromatic N) is 2. The first-order valence-electron chi connectivity index (χ1n) is 6.29. The number of hydrogen-bond donors (Lipinski definition) is 0. The van der Waals surface area contributed by atoms with E-state index in [2.05, 4.69) is 0 Å². The van der Waals surface area contributed by atoms with Crippen molar-refractivity contribution in [2.24, 2.45) is 0 Å². The maximum atomic E-state index is 12.9. The van der Waals surface area contributed by atoms with E-state index in [1.165, 1.54) is 12.1 Å². The van der Waals surface area contributed by atoms with E-state index < -0.39 is 0 Å². The monoisotopic (exact) mass is 246 g/mol. The van der Waals surface area contributed by atoms with Gasteiger partial charge in [-0.1, -0.05) is 0 Å². The summed E-state index contributed by atoms with van der Waals surface area (Å²) in [6, 6.07) is 7.75. The molecule has 18 heavy (non-hydrogen) atoms. The Balaban J connectivity index is 2.15. The Morgan fingerprint density at radius 2 is 1.94 bits per heavy atom. The third kappa shape index (κ3) is 1.78. The molecule has 4 heteroatoms. The zero-order chi connectivity index (χ0) is 12.7. The lowest BCUT2D eigenvalue weighted by molar-refractivity contribution is 0.547. The highest BCUT2D eigenvalue weighted by molar-refractivity contribution is 5.32. The fraction of sp³-hybridized carbons (Fsp3) is 0.357. The highest BCUT2D eigenvalue weighted by atomic mass is 19.1. The molecule has 0 bridgehead atoms. The van der Waals surface area contributed by atoms with Crippen LogP contribution in [0.1, 0.15) is 31.4 Å². The predicted octanol–water partition coefficient (Wildman–Crippen LogP) is 2.68. The number of halogens is 1. The minimum absolute atomic E-state index is 0.0367. The lowest BCUT2D eigenvalue weighted by Crippen LogP contribution is -2.21. The van der Waals surface area contributed by atoms with E-state index >= 15 is 0 Å². The van der Waals surface area contributed by atoms with Crippen molar-refractivity contribution in [1.82, 2.24) is 9.36 Å². The molecule has 0 aliphatic heterocycles. The Morgan fingerprint density at radius 1 is 1.28 bits per heavy atom. The van der Waals surface area contributed by atoms with Crippen LogP contribution in [0.5, 0.6) is 0 Å². The summed E-state index contributed by atoms with van der Waals surface area (Å²) in [5.41, 5.74) is 1.78. The van der Waals surface area contributed by atoms with Gasteiger partial charge in [0.2, 0.25) is 0 Å². The molecule has 0 N–H and O–H groups in total. The molecule has 0 radical (unpaired) electrons. The van der Waals surface area contributed by atoms with Crippen molar-refractivity contribution in [3.05, 3.63) is 52.2 Å². The molecule has 1 aromatic heterocycles. The summed E-state index contributed by atoms with van der Waals surface area (Å²) in [6.45, 7) is 2.76. The molecule has 2 aromatic rings. The second kappa shape index (κ2) is 4.12. The van der Waals surface area contributed by atoms with Crippen LogP contribution < -0.4 is 5.56 Å². The normalized spacial score (nSPS) is 15.0. The molecule has 3 nitrogen and oxygen atoms in total. The third-order valence-corrected chi connectivity index (χ3v) is 3.39. The van der Waals surface area contributed by atoms with Crippen molar-refractivity contribution in [2.75, 3.05) is 0 Å². The smallest absolute Gasteiger partial charge is 0.271 e. The first-order chi connectivity index (χ1) is 8.70. The molecule has 1 aliphatic carbocycles. The molecule has 1 saturated carbocycles. The molecule has 0 saturated heterocycles. The summed E-state index contributed by atoms with van der Waals surface area (Å²) >= 11 is 0. The van der Waals surface area contributed by atoms with Crippen molar-refractivity contribution in [3.63, 3.8) is 0 Å². The Kier molecular flexibility index (Phi) is 2.58. The molecular weight excluding hydrogens is 231 g/mol. The van der Waals surface area contributed by atoms with Gasteiger partial charge < -0.3 is 0 Å². The topological polar surface area (TPSA) is 26.9 Å². The summed E-state index contributed by atoms with van der Waals surface area (Å²) in [4.78, 5) is 12.1. The minimum atomic E-state index is -0.288. The van der Waals surface area contributed by atoms with Gasteiger partial charge in [0.1, 0.15) is 5.82 Å². The summed E-state index contributed by atoms with van der Waals surface area (Å²) in [5, 5.41) is 0. The summed E-state index contributed by atoms with van der Waals surface area (Å²) in [7, 11) is 0. The summed E-state index contributed by atoms with van der Waals surface area (Å²) in [6.07, 6.45) is 2.32. The van der Waals surface area contributed by atoms with Crippen molar-refractivity contribution >= 4 is 0 Å². The van der Waals surface area contributed by atoms with Crippen LogP contribution in [0.2, 0.25) is 0 Å². The number of aromatic nitrogens is 2. The standard InChI is InChI=1S/C14H15FN2O/c1-2-16-13(10-3-4-10)9-14(18)17(16)12-7-5-11(15)6-8-12/h5-10H,2-4H2,1H3. The van der Waals surface area contributed by atoms with Crippen molar-refractivity contribution in [3.8, 4) is 5.69 Å². The second-order valence-electron chi connectivity index (χ2n) is 4.69. The Morgan fingerprint density at radius 3 is 2.50 bits per heavy atom. The average molecular weight is 246 g/mol. The van der Waals surface area contributed by atoms with Gasteiger partial charge in [-0.25, -0.2) is 9.07 Å². The first kappa shape index (κ1) is 11.3. The van der Waals surface area contributed by atoms with Crippen LogP contribution in [0, 0.1) is 5.82 Å². The van der Waals surface area contributed by atoms with Crippen LogP contribution in [0.3, 0.4) is 0 Å². The van der Waals surface area contributed by atoms with Crippen LogP contribution in [-0.4, -0.2) is 9.36 Å². The Hall–Kier alpha value is -1.84. The van der Waals surface area contributed by atoms with Gasteiger partial charge in [0.25, 0.3) is 5.56 Å². The second-order valence-corrected chi connectivity index (χ2v) is 4.69. The van der Waals surface area contributed by atoms with E-state index in [1.54, 1.807) is 22.9 Å². The van der Waals surface area contributed by atoms with Crippen LogP contribution in [0.4, 0.5) is 4.39 Å². The Labute approximate surface area is 104 Å². The lowest BCUT2D eigenvalue weighted by atomic mass is 10.3. The zero-order valence-electron chi connectivity index (χ0n) is 10.3. The van der Waals surface area contributed by atoms with Crippen molar-refractivity contribution < 1.29 is 4.39 Å². The van der Waals surface area contributed by atoms with E-state index in [4.69, 9.17) is 0 Å². The van der Waals surface area contributed by atoms with E-state index in [0.717, 1.165) is 30.8 Å². The fourth-order valence-corrected chi connectivity index (χ4v) is 2.38. The Bertz CT molecular complexity index is 620. The SMILES string of the molecule is CCn1c(C2CC2)cc(=O)n1-c1ccc(F)cc1. The molecule has 1 fully saturated rings. The predicted molar refractivity (Wildman–Crippen MR) is 67.6 cm³/mol. The fourth-order valence-electron chi connectivity index (χ4n) is 2.38. The molecule has 0 spiro atoms. The summed E-state index contributed by atoms with van der Waals surface area (Å²) < 4.78 is 16.6. The molecule has 1 aliphatic rings. The van der Waals surface area contributed by atoms with Crippen LogP contribution >= 0.6 is 0 Å². The van der Waals surface area contributed by atoms with Crippen LogP contribution in [0.25, 0.3) is 5.69 Å². The van der Waals surface area contributed by atoms with Gasteiger partial charge >= 0.3 is 0 Å². The quantitative estimate of drug-likeness (QED) is 0.818. The molecule has 94 valence electrons. The molecule has 0 amide bonds. The van der Waals surface area contributed by atoms with Gasteiger partial charge in [-0.05, 0) is 44.0 Å². The maximum Gasteiger partial charge on any atom is 0.271 e. The minimum Gasteiger partial charge on any atom is -0.282 e. The van der Waals surface area contributed by atoms with E-state index in [0.29, 0.717) is 5.92 Å². The van der Waals surface area contributed by atoms with E-state index in [-0.39, 0.29) is 11.4 Å². The molecule has 0 unspecified atom stereocenters. The average Bonchev–Trinajstić information content (AvgIpc) is 3.15. The maximum absolute atomic E-state index is 12.9. The highest BCUT2D eigenvalue weighted by Crippen LogP contribution is 2.39. The summed E-state index contributed by atoms with van der Waals surface area (Å²) in [5.74, 6) is 0.239. The zero-order valence-corrected chi connectivity index (χ0v) is 10.3. The lowest BCUT2D eigenvalue weighted by Gasteiger charge is -2.12. The molecule has 1 aromatic carbocycles. The van der Waals surface area contributed by atoms with E-state index in [1.807, 2.05) is 11.6 Å². The number of benzene rings is 1. The largest absolute Gasteiger partial charge is 0.282 e. The highest BCUT2D eigenvalue weighted by Gasteiger charge is 2.28. The van der Waals surface area contributed by atoms with Crippen molar-refractivity contribution in [1.29, 1.82) is 0 Å².